The molecule has 0 spiro atoms. The van der Waals surface area contributed by atoms with E-state index in [0.717, 1.165) is 5.69 Å². The van der Waals surface area contributed by atoms with Gasteiger partial charge in [-0.1, -0.05) is 34.8 Å². The first-order valence-corrected chi connectivity index (χ1v) is 6.46. The van der Waals surface area contributed by atoms with Crippen LogP contribution in [0.1, 0.15) is 11.5 Å². The molecule has 0 fully saturated rings. The fourth-order valence-corrected chi connectivity index (χ4v) is 2.45. The molecule has 0 aliphatic heterocycles. The highest BCUT2D eigenvalue weighted by molar-refractivity contribution is 6.40. The summed E-state index contributed by atoms with van der Waals surface area (Å²) in [5.41, 5.74) is 6.40. The minimum absolute atomic E-state index is 0.118. The highest BCUT2D eigenvalue weighted by Gasteiger charge is 2.10. The second kappa shape index (κ2) is 5.82. The summed E-state index contributed by atoms with van der Waals surface area (Å²) >= 11 is 17.8. The van der Waals surface area contributed by atoms with Gasteiger partial charge in [0.25, 0.3) is 0 Å². The SMILES string of the molecule is Cc1cc(N)nc(COc2c(Cl)cc(Cl)cc2Cl)n1. The lowest BCUT2D eigenvalue weighted by atomic mass is 10.3. The number of nitrogens with two attached hydrogens (primary N) is 1. The van der Waals surface area contributed by atoms with Crippen molar-refractivity contribution < 1.29 is 4.74 Å². The molecule has 0 aliphatic rings. The number of ether oxygens (including phenoxy) is 1. The highest BCUT2D eigenvalue weighted by Crippen LogP contribution is 2.36. The standard InChI is InChI=1S/C12H10Cl3N3O/c1-6-2-10(16)18-11(17-6)5-19-12-8(14)3-7(13)4-9(12)15/h2-4H,5H2,1H3,(H2,16,17,18). The number of halogens is 3. The number of nitrogen functional groups attached to an aromatic ring is 1. The Balaban J connectivity index is 2.19. The topological polar surface area (TPSA) is 61.0 Å². The lowest BCUT2D eigenvalue weighted by molar-refractivity contribution is 0.296. The molecule has 2 N–H and O–H groups in total. The molecule has 0 radical (unpaired) electrons. The molecule has 1 heterocycles. The lowest BCUT2D eigenvalue weighted by Gasteiger charge is -2.10. The Morgan fingerprint density at radius 2 is 1.74 bits per heavy atom. The van der Waals surface area contributed by atoms with Crippen LogP contribution in [0.2, 0.25) is 15.1 Å². The van der Waals surface area contributed by atoms with Crippen LogP contribution in [-0.4, -0.2) is 9.97 Å². The third-order valence-electron chi connectivity index (χ3n) is 2.23. The van der Waals surface area contributed by atoms with Crippen molar-refractivity contribution in [1.29, 1.82) is 0 Å². The van der Waals surface area contributed by atoms with Crippen molar-refractivity contribution in [2.24, 2.45) is 0 Å². The molecular formula is C12H10Cl3N3O. The van der Waals surface area contributed by atoms with Gasteiger partial charge in [-0.15, -0.1) is 0 Å². The number of aryl methyl sites for hydroxylation is 1. The van der Waals surface area contributed by atoms with Gasteiger partial charge in [-0.05, 0) is 19.1 Å². The van der Waals surface area contributed by atoms with Crippen LogP contribution in [0.25, 0.3) is 0 Å². The summed E-state index contributed by atoms with van der Waals surface area (Å²) in [4.78, 5) is 8.25. The normalized spacial score (nSPS) is 10.5. The maximum absolute atomic E-state index is 6.00. The number of aromatic nitrogens is 2. The first kappa shape index (κ1) is 14.2. The maximum atomic E-state index is 6.00. The molecule has 0 unspecified atom stereocenters. The molecule has 2 rings (SSSR count). The number of nitrogens with zero attached hydrogens (tertiary/aromatic N) is 2. The Morgan fingerprint density at radius 3 is 2.32 bits per heavy atom. The molecule has 1 aromatic carbocycles. The van der Waals surface area contributed by atoms with Gasteiger partial charge in [-0.2, -0.15) is 0 Å². The van der Waals surface area contributed by atoms with E-state index in [-0.39, 0.29) is 6.61 Å². The van der Waals surface area contributed by atoms with Crippen LogP contribution in [0.4, 0.5) is 5.82 Å². The molecule has 7 heteroatoms. The van der Waals surface area contributed by atoms with E-state index in [0.29, 0.717) is 32.5 Å². The van der Waals surface area contributed by atoms with Gasteiger partial charge < -0.3 is 10.5 Å². The summed E-state index contributed by atoms with van der Waals surface area (Å²) in [6.07, 6.45) is 0. The largest absolute Gasteiger partial charge is 0.482 e. The maximum Gasteiger partial charge on any atom is 0.168 e. The van der Waals surface area contributed by atoms with Crippen molar-refractivity contribution in [3.8, 4) is 5.75 Å². The van der Waals surface area contributed by atoms with Crippen LogP contribution in [-0.2, 0) is 6.61 Å². The van der Waals surface area contributed by atoms with E-state index in [1.54, 1.807) is 18.2 Å². The number of anilines is 1. The van der Waals surface area contributed by atoms with E-state index in [4.69, 9.17) is 45.3 Å². The Kier molecular flexibility index (Phi) is 4.34. The fraction of sp³-hybridized carbons (Fsp3) is 0.167. The van der Waals surface area contributed by atoms with Crippen LogP contribution in [0.15, 0.2) is 18.2 Å². The average molecular weight is 319 g/mol. The van der Waals surface area contributed by atoms with Crippen LogP contribution < -0.4 is 10.5 Å². The molecule has 0 saturated carbocycles. The third kappa shape index (κ3) is 3.62. The Morgan fingerprint density at radius 1 is 1.11 bits per heavy atom. The third-order valence-corrected chi connectivity index (χ3v) is 3.01. The molecular weight excluding hydrogens is 309 g/mol. The van der Waals surface area contributed by atoms with E-state index in [1.807, 2.05) is 6.92 Å². The number of hydrogen-bond acceptors (Lipinski definition) is 4. The van der Waals surface area contributed by atoms with Gasteiger partial charge in [0.1, 0.15) is 12.4 Å². The quantitative estimate of drug-likeness (QED) is 0.932. The zero-order valence-corrected chi connectivity index (χ0v) is 12.2. The van der Waals surface area contributed by atoms with Crippen molar-refractivity contribution in [2.45, 2.75) is 13.5 Å². The smallest absolute Gasteiger partial charge is 0.168 e. The van der Waals surface area contributed by atoms with Crippen molar-refractivity contribution in [3.63, 3.8) is 0 Å². The zero-order valence-electron chi connectivity index (χ0n) is 9.95. The van der Waals surface area contributed by atoms with Crippen LogP contribution in [0, 0.1) is 6.92 Å². The van der Waals surface area contributed by atoms with Crippen molar-refractivity contribution in [2.75, 3.05) is 5.73 Å². The summed E-state index contributed by atoms with van der Waals surface area (Å²) in [5, 5.41) is 1.11. The molecule has 4 nitrogen and oxygen atoms in total. The molecule has 19 heavy (non-hydrogen) atoms. The molecule has 1 aromatic heterocycles. The lowest BCUT2D eigenvalue weighted by Crippen LogP contribution is -2.05. The van der Waals surface area contributed by atoms with Gasteiger partial charge in [0.2, 0.25) is 0 Å². The summed E-state index contributed by atoms with van der Waals surface area (Å²) in [5.74, 6) is 1.19. The van der Waals surface area contributed by atoms with E-state index in [2.05, 4.69) is 9.97 Å². The summed E-state index contributed by atoms with van der Waals surface area (Å²) in [6.45, 7) is 1.94. The monoisotopic (exact) mass is 317 g/mol. The van der Waals surface area contributed by atoms with E-state index in [1.165, 1.54) is 0 Å². The summed E-state index contributed by atoms with van der Waals surface area (Å²) in [6, 6.07) is 4.78. The predicted molar refractivity (Wildman–Crippen MR) is 77.0 cm³/mol. The second-order valence-electron chi connectivity index (χ2n) is 3.84. The first-order valence-electron chi connectivity index (χ1n) is 5.33. The van der Waals surface area contributed by atoms with Crippen molar-refractivity contribution >= 4 is 40.6 Å². The summed E-state index contributed by atoms with van der Waals surface area (Å²) in [7, 11) is 0. The molecule has 0 saturated heterocycles. The second-order valence-corrected chi connectivity index (χ2v) is 5.09. The van der Waals surface area contributed by atoms with E-state index >= 15 is 0 Å². The fourth-order valence-electron chi connectivity index (χ4n) is 1.52. The minimum Gasteiger partial charge on any atom is -0.482 e. The average Bonchev–Trinajstić information content (AvgIpc) is 2.25. The van der Waals surface area contributed by atoms with Crippen LogP contribution >= 0.6 is 34.8 Å². The van der Waals surface area contributed by atoms with Gasteiger partial charge in [-0.3, -0.25) is 0 Å². The Hall–Kier alpha value is -1.23. The molecule has 2 aromatic rings. The molecule has 0 aliphatic carbocycles. The molecule has 100 valence electrons. The molecule has 0 amide bonds. The van der Waals surface area contributed by atoms with Crippen LogP contribution in [0.5, 0.6) is 5.75 Å². The van der Waals surface area contributed by atoms with Crippen LogP contribution in [0.3, 0.4) is 0 Å². The Bertz CT molecular complexity index is 576. The first-order chi connectivity index (χ1) is 8.95. The van der Waals surface area contributed by atoms with E-state index < -0.39 is 0 Å². The number of hydrogen-bond donors (Lipinski definition) is 1. The van der Waals surface area contributed by atoms with Gasteiger partial charge >= 0.3 is 0 Å². The van der Waals surface area contributed by atoms with Crippen molar-refractivity contribution in [3.05, 3.63) is 44.8 Å². The number of rotatable bonds is 3. The van der Waals surface area contributed by atoms with Gasteiger partial charge in [-0.25, -0.2) is 9.97 Å². The number of benzene rings is 1. The predicted octanol–water partition coefficient (Wildman–Crippen LogP) is 3.91. The zero-order chi connectivity index (χ0) is 14.0. The van der Waals surface area contributed by atoms with Crippen molar-refractivity contribution in [1.82, 2.24) is 9.97 Å². The summed E-state index contributed by atoms with van der Waals surface area (Å²) < 4.78 is 5.52. The molecule has 0 atom stereocenters. The highest BCUT2D eigenvalue weighted by atomic mass is 35.5. The van der Waals surface area contributed by atoms with E-state index in [9.17, 15) is 0 Å². The minimum atomic E-state index is 0.118. The van der Waals surface area contributed by atoms with Gasteiger partial charge in [0.05, 0.1) is 10.0 Å². The van der Waals surface area contributed by atoms with Gasteiger partial charge in [0, 0.05) is 16.8 Å². The Labute approximate surface area is 125 Å². The molecule has 0 bridgehead atoms. The van der Waals surface area contributed by atoms with Gasteiger partial charge in [0.15, 0.2) is 11.6 Å².